The summed E-state index contributed by atoms with van der Waals surface area (Å²) in [4.78, 5) is 0. The highest BCUT2D eigenvalue weighted by atomic mass is 32.2. The molecular formula is C13H21NO3S. The molecule has 1 aromatic carbocycles. The van der Waals surface area contributed by atoms with E-state index < -0.39 is 10.1 Å². The Balaban J connectivity index is 0.000000494. The van der Waals surface area contributed by atoms with Crippen LogP contribution < -0.4 is 0 Å². The molecule has 0 aliphatic heterocycles. The second kappa shape index (κ2) is 6.68. The Bertz CT molecular complexity index is 479. The van der Waals surface area contributed by atoms with Crippen LogP contribution in [0.25, 0.3) is 6.08 Å². The minimum atomic E-state index is -3.92. The topological polar surface area (TPSA) is 57.2 Å². The highest BCUT2D eigenvalue weighted by Crippen LogP contribution is 2.13. The van der Waals surface area contributed by atoms with Gasteiger partial charge in [-0.05, 0) is 5.56 Å². The summed E-state index contributed by atoms with van der Waals surface area (Å²) >= 11 is 0. The molecule has 4 nitrogen and oxygen atoms in total. The van der Waals surface area contributed by atoms with E-state index in [4.69, 9.17) is 13.0 Å². The summed E-state index contributed by atoms with van der Waals surface area (Å²) in [5.41, 5.74) is 2.61. The van der Waals surface area contributed by atoms with Gasteiger partial charge in [-0.3, -0.25) is 0 Å². The van der Waals surface area contributed by atoms with Crippen molar-refractivity contribution < 1.29 is 17.5 Å². The second-order valence-corrected chi connectivity index (χ2v) is 6.46. The Kier molecular flexibility index (Phi) is 6.25. The lowest BCUT2D eigenvalue weighted by Crippen LogP contribution is -2.33. The molecule has 0 N–H and O–H groups in total. The zero-order chi connectivity index (χ0) is 14.4. The first-order chi connectivity index (χ1) is 8.03. The Morgan fingerprint density at radius 3 is 2.11 bits per heavy atom. The van der Waals surface area contributed by atoms with Crippen LogP contribution in [0.4, 0.5) is 0 Å². The van der Waals surface area contributed by atoms with E-state index in [0.29, 0.717) is 6.26 Å². The number of rotatable bonds is 3. The molecule has 1 rings (SSSR count). The molecule has 0 spiro atoms. The van der Waals surface area contributed by atoms with Crippen molar-refractivity contribution in [3.63, 3.8) is 0 Å². The molecular weight excluding hydrogens is 250 g/mol. The lowest BCUT2D eigenvalue weighted by molar-refractivity contribution is -0.884. The average Bonchev–Trinajstić information content (AvgIpc) is 2.13. The van der Waals surface area contributed by atoms with Crippen molar-refractivity contribution in [2.24, 2.45) is 0 Å². The van der Waals surface area contributed by atoms with Crippen LogP contribution in [0.15, 0.2) is 30.8 Å². The second-order valence-electron chi connectivity index (χ2n) is 5.06. The minimum Gasteiger partial charge on any atom is -0.748 e. The number of benzene rings is 1. The van der Waals surface area contributed by atoms with Crippen LogP contribution >= 0.6 is 0 Å². The van der Waals surface area contributed by atoms with Gasteiger partial charge in [0.1, 0.15) is 6.54 Å². The maximum atomic E-state index is 9.08. The van der Waals surface area contributed by atoms with Gasteiger partial charge in [-0.25, -0.2) is 8.42 Å². The Labute approximate surface area is 110 Å². The van der Waals surface area contributed by atoms with Crippen LogP contribution in [0.1, 0.15) is 11.1 Å². The first-order valence-corrected chi connectivity index (χ1v) is 7.26. The third-order valence-electron chi connectivity index (χ3n) is 1.92. The van der Waals surface area contributed by atoms with Crippen molar-refractivity contribution in [3.05, 3.63) is 42.0 Å². The molecule has 0 atom stereocenters. The Morgan fingerprint density at radius 1 is 1.28 bits per heavy atom. The standard InChI is InChI=1S/C12H18N.CH4O3S/c1-5-11-8-6-7-9-12(11)10-13(2,3)4;1-5(2,3)4/h5-9H,1,10H2,2-4H3;1H3,(H,2,3,4)/q+1;/p-1. The van der Waals surface area contributed by atoms with Gasteiger partial charge in [-0.2, -0.15) is 0 Å². The van der Waals surface area contributed by atoms with Crippen LogP contribution in [0.2, 0.25) is 0 Å². The number of nitrogens with zero attached hydrogens (tertiary/aromatic N) is 1. The van der Waals surface area contributed by atoms with Crippen molar-refractivity contribution in [1.82, 2.24) is 0 Å². The first-order valence-electron chi connectivity index (χ1n) is 5.44. The molecule has 0 unspecified atom stereocenters. The van der Waals surface area contributed by atoms with Gasteiger partial charge in [-0.15, -0.1) is 0 Å². The smallest absolute Gasteiger partial charge is 0.104 e. The van der Waals surface area contributed by atoms with E-state index in [0.717, 1.165) is 11.0 Å². The van der Waals surface area contributed by atoms with Crippen LogP contribution in [-0.4, -0.2) is 44.9 Å². The van der Waals surface area contributed by atoms with Crippen molar-refractivity contribution in [2.75, 3.05) is 27.4 Å². The minimum absolute atomic E-state index is 0.604. The Morgan fingerprint density at radius 2 is 1.72 bits per heavy atom. The molecule has 0 saturated heterocycles. The third-order valence-corrected chi connectivity index (χ3v) is 1.92. The summed E-state index contributed by atoms with van der Waals surface area (Å²) in [6.45, 7) is 4.86. The normalized spacial score (nSPS) is 11.4. The third kappa shape index (κ3) is 10.0. The van der Waals surface area contributed by atoms with Crippen LogP contribution in [0.3, 0.4) is 0 Å². The van der Waals surface area contributed by atoms with Crippen molar-refractivity contribution in [2.45, 2.75) is 6.54 Å². The lowest BCUT2D eigenvalue weighted by Gasteiger charge is -2.24. The van der Waals surface area contributed by atoms with Gasteiger partial charge in [-0.1, -0.05) is 36.9 Å². The predicted octanol–water partition coefficient (Wildman–Crippen LogP) is 1.70. The summed E-state index contributed by atoms with van der Waals surface area (Å²) < 4.78 is 28.2. The van der Waals surface area contributed by atoms with Gasteiger partial charge in [0.05, 0.1) is 31.3 Å². The molecule has 0 amide bonds. The van der Waals surface area contributed by atoms with Gasteiger partial charge in [0.2, 0.25) is 0 Å². The van der Waals surface area contributed by atoms with Gasteiger partial charge in [0, 0.05) is 11.8 Å². The maximum Gasteiger partial charge on any atom is 0.104 e. The van der Waals surface area contributed by atoms with E-state index in [1.54, 1.807) is 0 Å². The summed E-state index contributed by atoms with van der Waals surface area (Å²) in [6.07, 6.45) is 2.53. The van der Waals surface area contributed by atoms with E-state index in [1.807, 2.05) is 6.08 Å². The molecule has 102 valence electrons. The van der Waals surface area contributed by atoms with Gasteiger partial charge >= 0.3 is 0 Å². The molecule has 0 aliphatic carbocycles. The molecule has 5 heteroatoms. The molecule has 0 aromatic heterocycles. The maximum absolute atomic E-state index is 9.08. The number of hydrogen-bond donors (Lipinski definition) is 0. The first kappa shape index (κ1) is 16.8. The quantitative estimate of drug-likeness (QED) is 0.621. The van der Waals surface area contributed by atoms with Crippen LogP contribution in [0, 0.1) is 0 Å². The van der Waals surface area contributed by atoms with Gasteiger partial charge < -0.3 is 9.04 Å². The largest absolute Gasteiger partial charge is 0.748 e. The van der Waals surface area contributed by atoms with E-state index in [2.05, 4.69) is 52.0 Å². The molecule has 0 aliphatic rings. The molecule has 0 heterocycles. The Hall–Kier alpha value is -1.17. The van der Waals surface area contributed by atoms with E-state index in [-0.39, 0.29) is 0 Å². The molecule has 0 bridgehead atoms. The fourth-order valence-corrected chi connectivity index (χ4v) is 1.39. The fraction of sp³-hybridized carbons (Fsp3) is 0.385. The van der Waals surface area contributed by atoms with Crippen molar-refractivity contribution in [3.8, 4) is 0 Å². The zero-order valence-electron chi connectivity index (χ0n) is 11.4. The summed E-state index contributed by atoms with van der Waals surface area (Å²) in [7, 11) is 2.67. The molecule has 0 radical (unpaired) electrons. The van der Waals surface area contributed by atoms with E-state index in [1.165, 1.54) is 11.1 Å². The highest BCUT2D eigenvalue weighted by molar-refractivity contribution is 7.84. The fourth-order valence-electron chi connectivity index (χ4n) is 1.39. The SMILES string of the molecule is C=Cc1ccccc1C[N+](C)(C)C.CS(=O)(=O)[O-]. The number of hydrogen-bond acceptors (Lipinski definition) is 3. The molecule has 0 fully saturated rings. The van der Waals surface area contributed by atoms with Crippen molar-refractivity contribution in [1.29, 1.82) is 0 Å². The zero-order valence-corrected chi connectivity index (χ0v) is 12.2. The molecule has 18 heavy (non-hydrogen) atoms. The summed E-state index contributed by atoms with van der Waals surface area (Å²) in [6, 6.07) is 8.41. The average molecular weight is 271 g/mol. The number of quaternary nitrogens is 1. The van der Waals surface area contributed by atoms with Crippen LogP contribution in [-0.2, 0) is 16.7 Å². The van der Waals surface area contributed by atoms with E-state index in [9.17, 15) is 0 Å². The van der Waals surface area contributed by atoms with Crippen molar-refractivity contribution >= 4 is 16.2 Å². The lowest BCUT2D eigenvalue weighted by atomic mass is 10.1. The highest BCUT2D eigenvalue weighted by Gasteiger charge is 2.09. The summed E-state index contributed by atoms with van der Waals surface area (Å²) in [5, 5.41) is 0. The molecule has 1 aromatic rings. The monoisotopic (exact) mass is 271 g/mol. The molecule has 0 saturated carbocycles. The van der Waals surface area contributed by atoms with Gasteiger partial charge in [0.15, 0.2) is 0 Å². The van der Waals surface area contributed by atoms with E-state index >= 15 is 0 Å². The van der Waals surface area contributed by atoms with Gasteiger partial charge in [0.25, 0.3) is 0 Å². The predicted molar refractivity (Wildman–Crippen MR) is 73.9 cm³/mol. The van der Waals surface area contributed by atoms with Crippen LogP contribution in [0.5, 0.6) is 0 Å². The summed E-state index contributed by atoms with van der Waals surface area (Å²) in [5.74, 6) is 0.